The number of aliphatic hydroxyl groups excluding tert-OH is 1. The van der Waals surface area contributed by atoms with Crippen LogP contribution in [0.5, 0.6) is 0 Å². The topological polar surface area (TPSA) is 29.5 Å². The van der Waals surface area contributed by atoms with Gasteiger partial charge in [-0.05, 0) is 17.7 Å². The van der Waals surface area contributed by atoms with E-state index < -0.39 is 0 Å². The fourth-order valence-electron chi connectivity index (χ4n) is 1.24. The van der Waals surface area contributed by atoms with E-state index in [1.54, 1.807) is 7.11 Å². The molecule has 2 nitrogen and oxygen atoms in total. The van der Waals surface area contributed by atoms with Crippen molar-refractivity contribution in [2.45, 2.75) is 12.2 Å². The molecule has 1 aromatic rings. The van der Waals surface area contributed by atoms with Gasteiger partial charge in [-0.1, -0.05) is 24.0 Å². The lowest BCUT2D eigenvalue weighted by Crippen LogP contribution is -1.92. The minimum Gasteiger partial charge on any atom is -0.395 e. The highest BCUT2D eigenvalue weighted by molar-refractivity contribution is 7.98. The second-order valence-electron chi connectivity index (χ2n) is 3.52. The largest absolute Gasteiger partial charge is 0.395 e. The maximum atomic E-state index is 8.61. The lowest BCUT2D eigenvalue weighted by Gasteiger charge is -2.01. The van der Waals surface area contributed by atoms with Gasteiger partial charge in [-0.3, -0.25) is 0 Å². The number of aliphatic hydroxyl groups is 1. The minimum absolute atomic E-state index is 0.126. The zero-order valence-corrected chi connectivity index (χ0v) is 10.9. The van der Waals surface area contributed by atoms with Crippen LogP contribution in [0.1, 0.15) is 17.5 Å². The van der Waals surface area contributed by atoms with Gasteiger partial charge in [0.1, 0.15) is 0 Å². The molecule has 0 aliphatic carbocycles. The van der Waals surface area contributed by atoms with E-state index in [0.29, 0.717) is 6.42 Å². The Morgan fingerprint density at radius 1 is 1.29 bits per heavy atom. The molecule has 0 saturated carbocycles. The molecule has 0 bridgehead atoms. The summed E-state index contributed by atoms with van der Waals surface area (Å²) in [4.78, 5) is 0. The van der Waals surface area contributed by atoms with Crippen LogP contribution in [0.4, 0.5) is 0 Å². The molecule has 0 spiro atoms. The first-order chi connectivity index (χ1) is 8.36. The van der Waals surface area contributed by atoms with Crippen molar-refractivity contribution in [1.29, 1.82) is 0 Å². The second kappa shape index (κ2) is 9.12. The predicted octanol–water partition coefficient (Wildman–Crippen LogP) is 2.30. The van der Waals surface area contributed by atoms with Gasteiger partial charge in [-0.2, -0.15) is 11.8 Å². The number of hydrogen-bond donors (Lipinski definition) is 1. The highest BCUT2D eigenvalue weighted by atomic mass is 32.2. The Bertz CT molecular complexity index is 362. The van der Waals surface area contributed by atoms with E-state index in [1.807, 2.05) is 23.9 Å². The molecule has 0 atom stereocenters. The van der Waals surface area contributed by atoms with Gasteiger partial charge < -0.3 is 9.84 Å². The lowest BCUT2D eigenvalue weighted by atomic mass is 10.1. The molecule has 0 fully saturated rings. The van der Waals surface area contributed by atoms with E-state index in [4.69, 9.17) is 9.84 Å². The van der Waals surface area contributed by atoms with Gasteiger partial charge in [0.2, 0.25) is 0 Å². The Balaban J connectivity index is 2.37. The first-order valence-corrected chi connectivity index (χ1v) is 6.77. The molecule has 1 rings (SSSR count). The molecule has 1 aromatic carbocycles. The van der Waals surface area contributed by atoms with Gasteiger partial charge in [0.25, 0.3) is 0 Å². The van der Waals surface area contributed by atoms with Gasteiger partial charge in [-0.15, -0.1) is 0 Å². The molecular formula is C14H18O2S. The SMILES string of the molecule is COCCSCc1ccc(C#CCCO)cc1. The summed E-state index contributed by atoms with van der Waals surface area (Å²) in [6.45, 7) is 0.927. The fraction of sp³-hybridized carbons (Fsp3) is 0.429. The van der Waals surface area contributed by atoms with Gasteiger partial charge in [0, 0.05) is 30.6 Å². The van der Waals surface area contributed by atoms with Crippen molar-refractivity contribution >= 4 is 11.8 Å². The van der Waals surface area contributed by atoms with E-state index in [2.05, 4.69) is 24.0 Å². The first-order valence-electron chi connectivity index (χ1n) is 5.62. The van der Waals surface area contributed by atoms with Crippen molar-refractivity contribution in [1.82, 2.24) is 0 Å². The van der Waals surface area contributed by atoms with E-state index >= 15 is 0 Å². The third kappa shape index (κ3) is 6.38. The van der Waals surface area contributed by atoms with E-state index in [-0.39, 0.29) is 6.61 Å². The first kappa shape index (κ1) is 14.1. The van der Waals surface area contributed by atoms with Crippen molar-refractivity contribution in [3.05, 3.63) is 35.4 Å². The molecule has 92 valence electrons. The highest BCUT2D eigenvalue weighted by Gasteiger charge is 1.94. The summed E-state index contributed by atoms with van der Waals surface area (Å²) >= 11 is 1.86. The molecule has 0 saturated heterocycles. The van der Waals surface area contributed by atoms with E-state index in [0.717, 1.165) is 23.7 Å². The Kier molecular flexibility index (Phi) is 7.57. The molecule has 0 aliphatic rings. The van der Waals surface area contributed by atoms with Crippen LogP contribution in [0, 0.1) is 11.8 Å². The maximum Gasteiger partial charge on any atom is 0.0553 e. The molecule has 0 amide bonds. The minimum atomic E-state index is 0.126. The zero-order chi connectivity index (χ0) is 12.3. The van der Waals surface area contributed by atoms with Crippen LogP contribution >= 0.6 is 11.8 Å². The third-order valence-electron chi connectivity index (χ3n) is 2.12. The average molecular weight is 250 g/mol. The second-order valence-corrected chi connectivity index (χ2v) is 4.62. The third-order valence-corrected chi connectivity index (χ3v) is 3.12. The Hall–Kier alpha value is -0.950. The van der Waals surface area contributed by atoms with Crippen LogP contribution in [0.2, 0.25) is 0 Å². The van der Waals surface area contributed by atoms with Crippen molar-refractivity contribution in [3.63, 3.8) is 0 Å². The molecule has 0 unspecified atom stereocenters. The van der Waals surface area contributed by atoms with Crippen LogP contribution in [0.25, 0.3) is 0 Å². The van der Waals surface area contributed by atoms with Crippen molar-refractivity contribution in [2.75, 3.05) is 26.1 Å². The number of ether oxygens (including phenoxy) is 1. The quantitative estimate of drug-likeness (QED) is 0.620. The normalized spacial score (nSPS) is 9.76. The summed E-state index contributed by atoms with van der Waals surface area (Å²) in [5, 5.41) is 8.61. The van der Waals surface area contributed by atoms with Crippen molar-refractivity contribution < 1.29 is 9.84 Å². The monoisotopic (exact) mass is 250 g/mol. The molecule has 3 heteroatoms. The van der Waals surface area contributed by atoms with Crippen LogP contribution < -0.4 is 0 Å². The van der Waals surface area contributed by atoms with Crippen molar-refractivity contribution in [3.8, 4) is 11.8 Å². The Morgan fingerprint density at radius 2 is 2.06 bits per heavy atom. The number of hydrogen-bond acceptors (Lipinski definition) is 3. The number of thioether (sulfide) groups is 1. The average Bonchev–Trinajstić information content (AvgIpc) is 2.37. The molecule has 1 N–H and O–H groups in total. The summed E-state index contributed by atoms with van der Waals surface area (Å²) in [7, 11) is 1.72. The summed E-state index contributed by atoms with van der Waals surface area (Å²) in [5.41, 5.74) is 2.31. The van der Waals surface area contributed by atoms with Crippen LogP contribution in [-0.4, -0.2) is 31.2 Å². The van der Waals surface area contributed by atoms with Gasteiger partial charge >= 0.3 is 0 Å². The number of rotatable bonds is 6. The smallest absolute Gasteiger partial charge is 0.0553 e. The number of benzene rings is 1. The summed E-state index contributed by atoms with van der Waals surface area (Å²) in [6.07, 6.45) is 0.536. The number of methoxy groups -OCH3 is 1. The van der Waals surface area contributed by atoms with Crippen LogP contribution in [0.15, 0.2) is 24.3 Å². The fourth-order valence-corrected chi connectivity index (χ4v) is 2.09. The lowest BCUT2D eigenvalue weighted by molar-refractivity contribution is 0.218. The molecule has 0 heterocycles. The van der Waals surface area contributed by atoms with Crippen LogP contribution in [0.3, 0.4) is 0 Å². The van der Waals surface area contributed by atoms with Gasteiger partial charge in [-0.25, -0.2) is 0 Å². The molecule has 17 heavy (non-hydrogen) atoms. The molecule has 0 radical (unpaired) electrons. The van der Waals surface area contributed by atoms with Crippen LogP contribution in [-0.2, 0) is 10.5 Å². The van der Waals surface area contributed by atoms with Gasteiger partial charge in [0.05, 0.1) is 13.2 Å². The Morgan fingerprint density at radius 3 is 2.71 bits per heavy atom. The van der Waals surface area contributed by atoms with E-state index in [1.165, 1.54) is 5.56 Å². The maximum absolute atomic E-state index is 8.61. The van der Waals surface area contributed by atoms with Crippen molar-refractivity contribution in [2.24, 2.45) is 0 Å². The molecule has 0 aromatic heterocycles. The Labute approximate surface area is 107 Å². The molecular weight excluding hydrogens is 232 g/mol. The van der Waals surface area contributed by atoms with E-state index in [9.17, 15) is 0 Å². The summed E-state index contributed by atoms with van der Waals surface area (Å²) < 4.78 is 4.99. The highest BCUT2D eigenvalue weighted by Crippen LogP contribution is 2.12. The zero-order valence-electron chi connectivity index (χ0n) is 10.1. The summed E-state index contributed by atoms with van der Waals surface area (Å²) in [6, 6.07) is 8.25. The van der Waals surface area contributed by atoms with Gasteiger partial charge in [0.15, 0.2) is 0 Å². The predicted molar refractivity (Wildman–Crippen MR) is 73.1 cm³/mol. The summed E-state index contributed by atoms with van der Waals surface area (Å²) in [5.74, 6) is 7.95. The molecule has 0 aliphatic heterocycles. The standard InChI is InChI=1S/C14H18O2S/c1-16-10-11-17-12-14-7-5-13(6-8-14)4-2-3-9-15/h5-8,15H,3,9-12H2,1H3.